The molecule has 0 aliphatic heterocycles. The van der Waals surface area contributed by atoms with Gasteiger partial charge in [0.2, 0.25) is 5.91 Å². The smallest absolute Gasteiger partial charge is 0.227 e. The Balaban J connectivity index is 1.47. The van der Waals surface area contributed by atoms with Gasteiger partial charge in [-0.15, -0.1) is 0 Å². The van der Waals surface area contributed by atoms with Crippen LogP contribution in [0.5, 0.6) is 5.75 Å². The highest BCUT2D eigenvalue weighted by atomic mass is 16.5. The predicted molar refractivity (Wildman–Crippen MR) is 119 cm³/mol. The number of carbonyl (C=O) groups excluding carboxylic acids is 1. The van der Waals surface area contributed by atoms with Gasteiger partial charge in [-0.3, -0.25) is 4.79 Å². The van der Waals surface area contributed by atoms with Crippen molar-refractivity contribution in [1.29, 1.82) is 0 Å². The quantitative estimate of drug-likeness (QED) is 0.543. The van der Waals surface area contributed by atoms with Crippen LogP contribution >= 0.6 is 0 Å². The Hall–Kier alpha value is -2.85. The second-order valence-corrected chi connectivity index (χ2v) is 7.56. The van der Waals surface area contributed by atoms with Crippen LogP contribution in [0.25, 0.3) is 10.8 Å². The maximum Gasteiger partial charge on any atom is 0.227 e. The lowest BCUT2D eigenvalue weighted by Crippen LogP contribution is -2.31. The number of amides is 1. The van der Waals surface area contributed by atoms with E-state index in [-0.39, 0.29) is 11.8 Å². The Labute approximate surface area is 173 Å². The fourth-order valence-electron chi connectivity index (χ4n) is 3.48. The van der Waals surface area contributed by atoms with Gasteiger partial charge in [-0.1, -0.05) is 54.6 Å². The van der Waals surface area contributed by atoms with Crippen molar-refractivity contribution in [3.63, 3.8) is 0 Å². The number of rotatable bonds is 9. The summed E-state index contributed by atoms with van der Waals surface area (Å²) in [5, 5.41) is 5.31. The third-order valence-corrected chi connectivity index (χ3v) is 5.28. The molecule has 0 radical (unpaired) electrons. The maximum atomic E-state index is 12.6. The molecule has 0 spiro atoms. The van der Waals surface area contributed by atoms with Crippen LogP contribution in [-0.2, 0) is 11.3 Å². The highest BCUT2D eigenvalue weighted by Gasteiger charge is 2.15. The summed E-state index contributed by atoms with van der Waals surface area (Å²) < 4.78 is 5.28. The molecule has 0 bridgehead atoms. The Bertz CT molecular complexity index is 940. The lowest BCUT2D eigenvalue weighted by Gasteiger charge is -2.18. The lowest BCUT2D eigenvalue weighted by molar-refractivity contribution is -0.122. The number of nitrogens with one attached hydrogen (secondary N) is 1. The van der Waals surface area contributed by atoms with E-state index >= 15 is 0 Å². The summed E-state index contributed by atoms with van der Waals surface area (Å²) >= 11 is 0. The first-order valence-corrected chi connectivity index (χ1v) is 10.1. The van der Waals surface area contributed by atoms with Crippen molar-refractivity contribution in [3.8, 4) is 5.75 Å². The normalized spacial score (nSPS) is 12.1. The van der Waals surface area contributed by atoms with Gasteiger partial charge in [-0.25, -0.2) is 0 Å². The van der Waals surface area contributed by atoms with Gasteiger partial charge >= 0.3 is 0 Å². The molecular weight excluding hydrogens is 360 g/mol. The molecular formula is C25H30N2O2. The summed E-state index contributed by atoms with van der Waals surface area (Å²) in [6.45, 7) is 4.52. The van der Waals surface area contributed by atoms with Gasteiger partial charge in [0, 0.05) is 13.1 Å². The molecule has 1 amide bonds. The first-order valence-electron chi connectivity index (χ1n) is 10.1. The maximum absolute atomic E-state index is 12.6. The van der Waals surface area contributed by atoms with Crippen molar-refractivity contribution in [3.05, 3.63) is 77.9 Å². The molecule has 0 fully saturated rings. The number of methoxy groups -OCH3 is 1. The van der Waals surface area contributed by atoms with Crippen LogP contribution in [0.1, 0.15) is 30.4 Å². The average Bonchev–Trinajstić information content (AvgIpc) is 2.76. The molecule has 1 N–H and O–H groups in total. The summed E-state index contributed by atoms with van der Waals surface area (Å²) in [6.07, 6.45) is 0.930. The Morgan fingerprint density at radius 1 is 1.03 bits per heavy atom. The highest BCUT2D eigenvalue weighted by molar-refractivity contribution is 5.88. The molecule has 4 heteroatoms. The second-order valence-electron chi connectivity index (χ2n) is 7.56. The fourth-order valence-corrected chi connectivity index (χ4v) is 3.48. The first kappa shape index (κ1) is 20.9. The van der Waals surface area contributed by atoms with Crippen LogP contribution in [0.4, 0.5) is 0 Å². The van der Waals surface area contributed by atoms with Crippen molar-refractivity contribution < 1.29 is 9.53 Å². The topological polar surface area (TPSA) is 41.6 Å². The van der Waals surface area contributed by atoms with Crippen molar-refractivity contribution in [2.24, 2.45) is 0 Å². The number of benzene rings is 3. The SMILES string of the molecule is COc1ccc2cc([C@H](C)C(=O)NCCCN(C)Cc3ccccc3)ccc2c1. The minimum Gasteiger partial charge on any atom is -0.497 e. The van der Waals surface area contributed by atoms with Crippen LogP contribution in [0.2, 0.25) is 0 Å². The Kier molecular flexibility index (Phi) is 7.25. The van der Waals surface area contributed by atoms with Gasteiger partial charge in [0.25, 0.3) is 0 Å². The molecule has 1 atom stereocenters. The van der Waals surface area contributed by atoms with Crippen molar-refractivity contribution in [2.75, 3.05) is 27.2 Å². The highest BCUT2D eigenvalue weighted by Crippen LogP contribution is 2.25. The van der Waals surface area contributed by atoms with Gasteiger partial charge < -0.3 is 15.0 Å². The number of fused-ring (bicyclic) bond motifs is 1. The summed E-state index contributed by atoms with van der Waals surface area (Å²) in [6, 6.07) is 22.6. The predicted octanol–water partition coefficient (Wildman–Crippen LogP) is 4.59. The third kappa shape index (κ3) is 5.81. The van der Waals surface area contributed by atoms with E-state index in [4.69, 9.17) is 4.74 Å². The van der Waals surface area contributed by atoms with Gasteiger partial charge in [0.05, 0.1) is 13.0 Å². The van der Waals surface area contributed by atoms with Crippen molar-refractivity contribution >= 4 is 16.7 Å². The second kappa shape index (κ2) is 10.1. The zero-order valence-electron chi connectivity index (χ0n) is 17.5. The van der Waals surface area contributed by atoms with Gasteiger partial charge in [0.1, 0.15) is 5.75 Å². The van der Waals surface area contributed by atoms with E-state index in [1.165, 1.54) is 5.56 Å². The molecule has 3 rings (SSSR count). The molecule has 0 saturated heterocycles. The van der Waals surface area contributed by atoms with Crippen LogP contribution in [0.3, 0.4) is 0 Å². The molecule has 3 aromatic carbocycles. The van der Waals surface area contributed by atoms with Crippen LogP contribution in [0.15, 0.2) is 66.7 Å². The van der Waals surface area contributed by atoms with Gasteiger partial charge in [-0.05, 0) is 61.0 Å². The molecule has 0 aliphatic rings. The molecule has 152 valence electrons. The largest absolute Gasteiger partial charge is 0.497 e. The van der Waals surface area contributed by atoms with E-state index in [1.807, 2.05) is 37.3 Å². The van der Waals surface area contributed by atoms with Gasteiger partial charge in [-0.2, -0.15) is 0 Å². The van der Waals surface area contributed by atoms with E-state index < -0.39 is 0 Å². The zero-order chi connectivity index (χ0) is 20.6. The van der Waals surface area contributed by atoms with Crippen LogP contribution in [0, 0.1) is 0 Å². The molecule has 0 heterocycles. The van der Waals surface area contributed by atoms with E-state index in [1.54, 1.807) is 7.11 Å². The minimum atomic E-state index is -0.177. The van der Waals surface area contributed by atoms with E-state index in [0.29, 0.717) is 6.54 Å². The lowest BCUT2D eigenvalue weighted by atomic mass is 9.97. The van der Waals surface area contributed by atoms with Crippen molar-refractivity contribution in [1.82, 2.24) is 10.2 Å². The number of nitrogens with zero attached hydrogens (tertiary/aromatic N) is 1. The molecule has 4 nitrogen and oxygen atoms in total. The van der Waals surface area contributed by atoms with Crippen LogP contribution in [-0.4, -0.2) is 38.1 Å². The number of hydrogen-bond donors (Lipinski definition) is 1. The number of carbonyl (C=O) groups is 1. The minimum absolute atomic E-state index is 0.0728. The molecule has 0 unspecified atom stereocenters. The Morgan fingerprint density at radius 2 is 1.76 bits per heavy atom. The van der Waals surface area contributed by atoms with E-state index in [9.17, 15) is 4.79 Å². The van der Waals surface area contributed by atoms with E-state index in [0.717, 1.165) is 41.6 Å². The van der Waals surface area contributed by atoms with Crippen molar-refractivity contribution in [2.45, 2.75) is 25.8 Å². The molecule has 0 aromatic heterocycles. The van der Waals surface area contributed by atoms with Crippen LogP contribution < -0.4 is 10.1 Å². The average molecular weight is 391 g/mol. The number of ether oxygens (including phenoxy) is 1. The molecule has 29 heavy (non-hydrogen) atoms. The summed E-state index contributed by atoms with van der Waals surface area (Å²) in [5.41, 5.74) is 2.34. The summed E-state index contributed by atoms with van der Waals surface area (Å²) in [4.78, 5) is 14.9. The third-order valence-electron chi connectivity index (χ3n) is 5.28. The molecule has 3 aromatic rings. The fraction of sp³-hybridized carbons (Fsp3) is 0.320. The van der Waals surface area contributed by atoms with E-state index in [2.05, 4.69) is 53.7 Å². The standard InChI is InChI=1S/C25H30N2O2/c1-19(21-10-11-23-17-24(29-3)13-12-22(23)16-21)25(28)26-14-7-15-27(2)18-20-8-5-4-6-9-20/h4-6,8-13,16-17,19H,7,14-15,18H2,1-3H3,(H,26,28)/t19-/m0/s1. The number of hydrogen-bond acceptors (Lipinski definition) is 3. The zero-order valence-corrected chi connectivity index (χ0v) is 17.5. The summed E-state index contributed by atoms with van der Waals surface area (Å²) in [7, 11) is 3.78. The molecule has 0 saturated carbocycles. The summed E-state index contributed by atoms with van der Waals surface area (Å²) in [5.74, 6) is 0.736. The Morgan fingerprint density at radius 3 is 2.52 bits per heavy atom. The molecule has 0 aliphatic carbocycles. The monoisotopic (exact) mass is 390 g/mol. The first-order chi connectivity index (χ1) is 14.1. The van der Waals surface area contributed by atoms with Gasteiger partial charge in [0.15, 0.2) is 0 Å².